The highest BCUT2D eigenvalue weighted by Gasteiger charge is 2.13. The van der Waals surface area contributed by atoms with Crippen molar-refractivity contribution < 1.29 is 9.00 Å². The number of nitriles is 1. The first-order valence-electron chi connectivity index (χ1n) is 5.29. The molecule has 0 spiro atoms. The Hall–Kier alpha value is -1.19. The van der Waals surface area contributed by atoms with Crippen LogP contribution in [0.1, 0.15) is 6.42 Å². The van der Waals surface area contributed by atoms with Crippen LogP contribution in [0, 0.1) is 11.3 Å². The van der Waals surface area contributed by atoms with Gasteiger partial charge < -0.3 is 4.90 Å². The molecule has 1 aromatic rings. The topological polar surface area (TPSA) is 61.2 Å². The summed E-state index contributed by atoms with van der Waals surface area (Å²) in [4.78, 5) is 13.8. The van der Waals surface area contributed by atoms with Gasteiger partial charge in [-0.05, 0) is 24.3 Å². The van der Waals surface area contributed by atoms with Crippen LogP contribution in [0.3, 0.4) is 0 Å². The third kappa shape index (κ3) is 4.59. The van der Waals surface area contributed by atoms with Crippen LogP contribution in [0.2, 0.25) is 0 Å². The summed E-state index contributed by atoms with van der Waals surface area (Å²) < 4.78 is 12.8. The Morgan fingerprint density at radius 2 is 2.06 bits per heavy atom. The molecular formula is C12H13BrN2O2S. The van der Waals surface area contributed by atoms with Crippen LogP contribution in [0.25, 0.3) is 0 Å². The fourth-order valence-electron chi connectivity index (χ4n) is 1.23. The molecule has 0 aliphatic heterocycles. The number of hydrogen-bond acceptors (Lipinski definition) is 3. The largest absolute Gasteiger partial charge is 0.344 e. The Morgan fingerprint density at radius 3 is 2.61 bits per heavy atom. The molecule has 1 amide bonds. The Kier molecular flexibility index (Phi) is 6.02. The number of nitrogens with zero attached hydrogens (tertiary/aromatic N) is 2. The summed E-state index contributed by atoms with van der Waals surface area (Å²) in [5.41, 5.74) is 0. The highest BCUT2D eigenvalue weighted by Crippen LogP contribution is 2.13. The van der Waals surface area contributed by atoms with E-state index in [1.165, 1.54) is 4.90 Å². The molecule has 6 heteroatoms. The smallest absolute Gasteiger partial charge is 0.235 e. The van der Waals surface area contributed by atoms with Crippen molar-refractivity contribution in [1.29, 1.82) is 5.26 Å². The second-order valence-electron chi connectivity index (χ2n) is 3.67. The highest BCUT2D eigenvalue weighted by atomic mass is 79.9. The van der Waals surface area contributed by atoms with Gasteiger partial charge in [-0.2, -0.15) is 5.26 Å². The number of benzene rings is 1. The highest BCUT2D eigenvalue weighted by molar-refractivity contribution is 9.10. The number of carbonyl (C=O) groups excluding carboxylic acids is 1. The molecule has 0 aliphatic rings. The average Bonchev–Trinajstić information content (AvgIpc) is 2.36. The van der Waals surface area contributed by atoms with Gasteiger partial charge in [-0.25, -0.2) is 0 Å². The molecule has 1 rings (SSSR count). The van der Waals surface area contributed by atoms with Crippen molar-refractivity contribution in [2.45, 2.75) is 11.3 Å². The van der Waals surface area contributed by atoms with Gasteiger partial charge in [0.05, 0.1) is 23.3 Å². The SMILES string of the molecule is CN(CCC#N)C(=O)CS(=O)c1ccc(Br)cc1. The van der Waals surface area contributed by atoms with Crippen molar-refractivity contribution in [1.82, 2.24) is 4.90 Å². The molecule has 1 aromatic carbocycles. The molecule has 0 aromatic heterocycles. The number of rotatable bonds is 5. The van der Waals surface area contributed by atoms with E-state index in [1.807, 2.05) is 6.07 Å². The zero-order valence-electron chi connectivity index (χ0n) is 9.93. The summed E-state index contributed by atoms with van der Waals surface area (Å²) >= 11 is 3.29. The van der Waals surface area contributed by atoms with E-state index in [9.17, 15) is 9.00 Å². The molecule has 0 bridgehead atoms. The Bertz CT molecular complexity index is 482. The maximum Gasteiger partial charge on any atom is 0.235 e. The summed E-state index contributed by atoms with van der Waals surface area (Å²) in [6, 6.07) is 9.00. The first-order chi connectivity index (χ1) is 8.54. The molecule has 4 nitrogen and oxygen atoms in total. The molecule has 0 saturated heterocycles. The quantitative estimate of drug-likeness (QED) is 0.829. The normalized spacial score (nSPS) is 11.6. The Balaban J connectivity index is 2.57. The summed E-state index contributed by atoms with van der Waals surface area (Å²) in [5, 5.41) is 8.43. The lowest BCUT2D eigenvalue weighted by Gasteiger charge is -2.14. The molecule has 0 fully saturated rings. The van der Waals surface area contributed by atoms with Gasteiger partial charge in [-0.3, -0.25) is 9.00 Å². The zero-order chi connectivity index (χ0) is 13.5. The fraction of sp³-hybridized carbons (Fsp3) is 0.333. The summed E-state index contributed by atoms with van der Waals surface area (Å²) in [6.07, 6.45) is 0.285. The number of amides is 1. The molecule has 0 radical (unpaired) electrons. The van der Waals surface area contributed by atoms with E-state index in [-0.39, 0.29) is 18.1 Å². The predicted molar refractivity (Wildman–Crippen MR) is 73.3 cm³/mol. The molecular weight excluding hydrogens is 316 g/mol. The van der Waals surface area contributed by atoms with E-state index in [2.05, 4.69) is 15.9 Å². The molecule has 0 heterocycles. The average molecular weight is 329 g/mol. The number of hydrogen-bond donors (Lipinski definition) is 0. The summed E-state index contributed by atoms with van der Waals surface area (Å²) in [6.45, 7) is 0.368. The van der Waals surface area contributed by atoms with Crippen molar-refractivity contribution >= 4 is 32.6 Å². The van der Waals surface area contributed by atoms with Crippen LogP contribution >= 0.6 is 15.9 Å². The minimum atomic E-state index is -1.34. The van der Waals surface area contributed by atoms with Gasteiger partial charge in [0, 0.05) is 23.0 Å². The van der Waals surface area contributed by atoms with Crippen molar-refractivity contribution in [3.63, 3.8) is 0 Å². The third-order valence-corrected chi connectivity index (χ3v) is 4.15. The van der Waals surface area contributed by atoms with E-state index in [0.29, 0.717) is 11.4 Å². The van der Waals surface area contributed by atoms with Gasteiger partial charge in [0.2, 0.25) is 5.91 Å². The van der Waals surface area contributed by atoms with E-state index in [0.717, 1.165) is 4.47 Å². The molecule has 0 N–H and O–H groups in total. The van der Waals surface area contributed by atoms with Gasteiger partial charge >= 0.3 is 0 Å². The fourth-order valence-corrected chi connectivity index (χ4v) is 2.55. The Labute approximate surface area is 117 Å². The van der Waals surface area contributed by atoms with Crippen LogP contribution in [-0.2, 0) is 15.6 Å². The van der Waals surface area contributed by atoms with Crippen LogP contribution in [-0.4, -0.2) is 34.4 Å². The molecule has 0 saturated carbocycles. The molecule has 0 aliphatic carbocycles. The monoisotopic (exact) mass is 328 g/mol. The minimum Gasteiger partial charge on any atom is -0.344 e. The zero-order valence-corrected chi connectivity index (χ0v) is 12.3. The van der Waals surface area contributed by atoms with Crippen molar-refractivity contribution in [2.24, 2.45) is 0 Å². The third-order valence-electron chi connectivity index (χ3n) is 2.32. The van der Waals surface area contributed by atoms with E-state index < -0.39 is 10.8 Å². The van der Waals surface area contributed by atoms with Gasteiger partial charge in [0.1, 0.15) is 5.75 Å². The van der Waals surface area contributed by atoms with Crippen LogP contribution in [0.4, 0.5) is 0 Å². The number of halogens is 1. The minimum absolute atomic E-state index is 0.0520. The van der Waals surface area contributed by atoms with Crippen molar-refractivity contribution in [2.75, 3.05) is 19.3 Å². The second-order valence-corrected chi connectivity index (χ2v) is 6.03. The molecule has 18 heavy (non-hydrogen) atoms. The second kappa shape index (κ2) is 7.29. The van der Waals surface area contributed by atoms with Gasteiger partial charge in [0.15, 0.2) is 0 Å². The molecule has 1 unspecified atom stereocenters. The predicted octanol–water partition coefficient (Wildman–Crippen LogP) is 1.93. The van der Waals surface area contributed by atoms with Crippen LogP contribution < -0.4 is 0 Å². The molecule has 1 atom stereocenters. The molecule has 96 valence electrons. The summed E-state index contributed by atoms with van der Waals surface area (Å²) in [5.74, 6) is -0.268. The maximum atomic E-state index is 11.9. The summed E-state index contributed by atoms with van der Waals surface area (Å²) in [7, 11) is 0.267. The lowest BCUT2D eigenvalue weighted by molar-refractivity contribution is -0.127. The first-order valence-corrected chi connectivity index (χ1v) is 7.40. The van der Waals surface area contributed by atoms with Crippen LogP contribution in [0.5, 0.6) is 0 Å². The van der Waals surface area contributed by atoms with Crippen LogP contribution in [0.15, 0.2) is 33.6 Å². The Morgan fingerprint density at radius 1 is 1.44 bits per heavy atom. The first kappa shape index (κ1) is 14.9. The number of carbonyl (C=O) groups is 1. The van der Waals surface area contributed by atoms with Crippen molar-refractivity contribution in [3.05, 3.63) is 28.7 Å². The lowest BCUT2D eigenvalue weighted by Crippen LogP contribution is -2.31. The van der Waals surface area contributed by atoms with Gasteiger partial charge in [-0.15, -0.1) is 0 Å². The van der Waals surface area contributed by atoms with E-state index >= 15 is 0 Å². The van der Waals surface area contributed by atoms with E-state index in [1.54, 1.807) is 31.3 Å². The van der Waals surface area contributed by atoms with Gasteiger partial charge in [-0.1, -0.05) is 15.9 Å². The lowest BCUT2D eigenvalue weighted by atomic mass is 10.4. The van der Waals surface area contributed by atoms with Crippen molar-refractivity contribution in [3.8, 4) is 6.07 Å². The van der Waals surface area contributed by atoms with Gasteiger partial charge in [0.25, 0.3) is 0 Å². The van der Waals surface area contributed by atoms with E-state index in [4.69, 9.17) is 5.26 Å². The standard InChI is InChI=1S/C12H13BrN2O2S/c1-15(8-2-7-14)12(16)9-18(17)11-5-3-10(13)4-6-11/h3-6H,2,8-9H2,1H3. The maximum absolute atomic E-state index is 11.9.